The van der Waals surface area contributed by atoms with E-state index in [-0.39, 0.29) is 17.7 Å². The molecule has 1 N–H and O–H groups in total. The van der Waals surface area contributed by atoms with Gasteiger partial charge < -0.3 is 14.3 Å². The van der Waals surface area contributed by atoms with E-state index in [9.17, 15) is 13.5 Å². The van der Waals surface area contributed by atoms with Crippen molar-refractivity contribution in [3.63, 3.8) is 0 Å². The number of nitrogens with zero attached hydrogens (tertiary/aromatic N) is 3. The molecule has 28 heavy (non-hydrogen) atoms. The summed E-state index contributed by atoms with van der Waals surface area (Å²) in [4.78, 5) is 0. The molecule has 2 heterocycles. The van der Waals surface area contributed by atoms with E-state index in [0.717, 1.165) is 3.57 Å². The van der Waals surface area contributed by atoms with Gasteiger partial charge in [-0.2, -0.15) is 4.31 Å². The topological polar surface area (TPSA) is 93.9 Å². The van der Waals surface area contributed by atoms with Crippen LogP contribution in [-0.4, -0.2) is 68.0 Å². The summed E-state index contributed by atoms with van der Waals surface area (Å²) < 4.78 is 39.4. The fourth-order valence-electron chi connectivity index (χ4n) is 2.72. The van der Waals surface area contributed by atoms with Crippen LogP contribution in [0.1, 0.15) is 32.9 Å². The van der Waals surface area contributed by atoms with Gasteiger partial charge >= 0.3 is 0 Å². The second-order valence-corrected chi connectivity index (χ2v) is 16.6. The third kappa shape index (κ3) is 5.69. The van der Waals surface area contributed by atoms with Crippen LogP contribution in [0.3, 0.4) is 0 Å². The standard InChI is InChI=1S/C17H32IN3O5SSi/c1-17(2,3)28(5,6)25-10-9-21-14(12-22)15(18)16(19-21)26-13-7-8-20(11-13)27(4,23)24/h13,22H,7-12H2,1-6H3/t13-/m0/s1. The van der Waals surface area contributed by atoms with Gasteiger partial charge in [-0.05, 0) is 47.1 Å². The molecule has 0 aliphatic carbocycles. The van der Waals surface area contributed by atoms with E-state index in [1.807, 2.05) is 0 Å². The minimum atomic E-state index is -3.21. The van der Waals surface area contributed by atoms with E-state index in [2.05, 4.69) is 61.6 Å². The van der Waals surface area contributed by atoms with Crippen LogP contribution in [-0.2, 0) is 27.6 Å². The highest BCUT2D eigenvalue weighted by molar-refractivity contribution is 14.1. The fourth-order valence-corrected chi connectivity index (χ4v) is 5.31. The molecule has 11 heteroatoms. The highest BCUT2D eigenvalue weighted by Gasteiger charge is 2.37. The Balaban J connectivity index is 2.04. The zero-order chi connectivity index (χ0) is 21.3. The summed E-state index contributed by atoms with van der Waals surface area (Å²) in [6.45, 7) is 12.7. The van der Waals surface area contributed by atoms with Gasteiger partial charge in [0, 0.05) is 6.54 Å². The van der Waals surface area contributed by atoms with Crippen molar-refractivity contribution < 1.29 is 22.7 Å². The van der Waals surface area contributed by atoms with Gasteiger partial charge in [-0.25, -0.2) is 8.42 Å². The van der Waals surface area contributed by atoms with Crippen LogP contribution in [0.25, 0.3) is 0 Å². The average Bonchev–Trinajstić information content (AvgIpc) is 3.12. The summed E-state index contributed by atoms with van der Waals surface area (Å²) in [5.41, 5.74) is 0.687. The number of ether oxygens (including phenoxy) is 1. The smallest absolute Gasteiger partial charge is 0.247 e. The minimum Gasteiger partial charge on any atom is -0.471 e. The minimum absolute atomic E-state index is 0.133. The maximum absolute atomic E-state index is 11.7. The first kappa shape index (κ1) is 24.1. The van der Waals surface area contributed by atoms with Crippen molar-refractivity contribution in [2.24, 2.45) is 0 Å². The van der Waals surface area contributed by atoms with E-state index < -0.39 is 18.3 Å². The molecule has 0 amide bonds. The van der Waals surface area contributed by atoms with Gasteiger partial charge in [0.15, 0.2) is 8.32 Å². The van der Waals surface area contributed by atoms with Gasteiger partial charge in [0.2, 0.25) is 15.9 Å². The Morgan fingerprint density at radius 1 is 1.36 bits per heavy atom. The lowest BCUT2D eigenvalue weighted by molar-refractivity contribution is 0.201. The number of rotatable bonds is 8. The molecule has 0 bridgehead atoms. The Bertz CT molecular complexity index is 791. The Labute approximate surface area is 182 Å². The van der Waals surface area contributed by atoms with Crippen molar-refractivity contribution in [2.45, 2.75) is 64.6 Å². The normalized spacial score (nSPS) is 19.4. The van der Waals surface area contributed by atoms with Gasteiger partial charge in [-0.1, -0.05) is 20.8 Å². The van der Waals surface area contributed by atoms with Crippen LogP contribution >= 0.6 is 22.6 Å². The SMILES string of the molecule is CC(C)(C)[Si](C)(C)OCCn1nc(O[C@H]2CCN(S(C)(=O)=O)C2)c(I)c1CO. The van der Waals surface area contributed by atoms with E-state index >= 15 is 0 Å². The van der Waals surface area contributed by atoms with Crippen molar-refractivity contribution >= 4 is 40.9 Å². The molecule has 1 aromatic heterocycles. The number of hydrogen-bond donors (Lipinski definition) is 1. The Kier molecular flexibility index (Phi) is 7.63. The molecule has 8 nitrogen and oxygen atoms in total. The zero-order valence-electron chi connectivity index (χ0n) is 17.5. The zero-order valence-corrected chi connectivity index (χ0v) is 21.5. The lowest BCUT2D eigenvalue weighted by atomic mass is 10.2. The van der Waals surface area contributed by atoms with E-state index in [0.29, 0.717) is 44.2 Å². The molecule has 0 radical (unpaired) electrons. The first-order valence-electron chi connectivity index (χ1n) is 9.38. The molecule has 1 aliphatic rings. The average molecular weight is 546 g/mol. The lowest BCUT2D eigenvalue weighted by Gasteiger charge is -2.36. The van der Waals surface area contributed by atoms with Gasteiger partial charge in [0.05, 0.1) is 38.3 Å². The van der Waals surface area contributed by atoms with Gasteiger partial charge in [0.25, 0.3) is 0 Å². The fraction of sp³-hybridized carbons (Fsp3) is 0.824. The molecule has 1 fully saturated rings. The molecule has 2 rings (SSSR count). The first-order chi connectivity index (χ1) is 12.8. The highest BCUT2D eigenvalue weighted by Crippen LogP contribution is 2.36. The summed E-state index contributed by atoms with van der Waals surface area (Å²) in [6.07, 6.45) is 1.60. The molecule has 1 aromatic rings. The van der Waals surface area contributed by atoms with Crippen molar-refractivity contribution in [1.29, 1.82) is 0 Å². The number of aliphatic hydroxyl groups excluding tert-OH is 1. The monoisotopic (exact) mass is 545 g/mol. The molecule has 1 aliphatic heterocycles. The second-order valence-electron chi connectivity index (χ2n) is 8.71. The van der Waals surface area contributed by atoms with Gasteiger partial charge in [-0.3, -0.25) is 4.68 Å². The second kappa shape index (κ2) is 8.88. The van der Waals surface area contributed by atoms with Crippen LogP contribution in [0, 0.1) is 3.57 Å². The molecular weight excluding hydrogens is 513 g/mol. The Hall–Kier alpha value is -0.213. The summed E-state index contributed by atoms with van der Waals surface area (Å²) in [5, 5.41) is 14.4. The maximum atomic E-state index is 11.7. The van der Waals surface area contributed by atoms with Crippen LogP contribution in [0.4, 0.5) is 0 Å². The predicted octanol–water partition coefficient (Wildman–Crippen LogP) is 2.41. The van der Waals surface area contributed by atoms with Crippen molar-refractivity contribution in [1.82, 2.24) is 14.1 Å². The molecule has 0 aromatic carbocycles. The third-order valence-corrected chi connectivity index (χ3v) is 12.4. The molecule has 0 saturated carbocycles. The van der Waals surface area contributed by atoms with Crippen LogP contribution in [0.2, 0.25) is 18.1 Å². The largest absolute Gasteiger partial charge is 0.471 e. The first-order valence-corrected chi connectivity index (χ1v) is 15.2. The third-order valence-electron chi connectivity index (χ3n) is 5.54. The summed E-state index contributed by atoms with van der Waals surface area (Å²) in [5.74, 6) is 0.442. The van der Waals surface area contributed by atoms with E-state index in [1.165, 1.54) is 10.6 Å². The molecule has 1 atom stereocenters. The van der Waals surface area contributed by atoms with E-state index in [1.54, 1.807) is 4.68 Å². The number of aliphatic hydroxyl groups is 1. The van der Waals surface area contributed by atoms with Gasteiger partial charge in [-0.15, -0.1) is 5.10 Å². The molecule has 0 unspecified atom stereocenters. The number of sulfonamides is 1. The Morgan fingerprint density at radius 3 is 2.50 bits per heavy atom. The van der Waals surface area contributed by atoms with Gasteiger partial charge in [0.1, 0.15) is 9.67 Å². The van der Waals surface area contributed by atoms with Crippen molar-refractivity contribution in [3.8, 4) is 5.88 Å². The van der Waals surface area contributed by atoms with Crippen molar-refractivity contribution in [3.05, 3.63) is 9.26 Å². The molecule has 0 spiro atoms. The number of aromatic nitrogens is 2. The van der Waals surface area contributed by atoms with E-state index in [4.69, 9.17) is 9.16 Å². The van der Waals surface area contributed by atoms with Crippen LogP contribution in [0.5, 0.6) is 5.88 Å². The van der Waals surface area contributed by atoms with Crippen molar-refractivity contribution in [2.75, 3.05) is 26.0 Å². The Morgan fingerprint density at radius 2 is 2.00 bits per heavy atom. The quantitative estimate of drug-likeness (QED) is 0.399. The summed E-state index contributed by atoms with van der Waals surface area (Å²) in [7, 11) is -5.06. The molecular formula is C17H32IN3O5SSi. The number of halogens is 1. The lowest BCUT2D eigenvalue weighted by Crippen LogP contribution is -2.41. The summed E-state index contributed by atoms with van der Waals surface area (Å²) in [6, 6.07) is 0. The molecule has 162 valence electrons. The predicted molar refractivity (Wildman–Crippen MR) is 119 cm³/mol. The maximum Gasteiger partial charge on any atom is 0.247 e. The molecule has 1 saturated heterocycles. The summed E-state index contributed by atoms with van der Waals surface area (Å²) >= 11 is 2.12. The van der Waals surface area contributed by atoms with Crippen LogP contribution < -0.4 is 4.74 Å². The highest BCUT2D eigenvalue weighted by atomic mass is 127. The van der Waals surface area contributed by atoms with Crippen LogP contribution in [0.15, 0.2) is 0 Å². The number of hydrogen-bond acceptors (Lipinski definition) is 6.